The summed E-state index contributed by atoms with van der Waals surface area (Å²) in [5, 5.41) is 0. The highest BCUT2D eigenvalue weighted by molar-refractivity contribution is 5.79. The van der Waals surface area contributed by atoms with Crippen LogP contribution in [0.1, 0.15) is 26.3 Å². The number of carbonyl (C=O) groups excluding carboxylic acids is 1. The van der Waals surface area contributed by atoms with E-state index >= 15 is 0 Å². The molecule has 0 N–H and O–H groups in total. The molecule has 0 spiro atoms. The van der Waals surface area contributed by atoms with Gasteiger partial charge in [-0.3, -0.25) is 0 Å². The van der Waals surface area contributed by atoms with Gasteiger partial charge in [0.1, 0.15) is 0 Å². The van der Waals surface area contributed by atoms with Crippen LogP contribution < -0.4 is 4.74 Å². The lowest BCUT2D eigenvalue weighted by Gasteiger charge is -2.24. The third kappa shape index (κ3) is 4.77. The van der Waals surface area contributed by atoms with Crippen molar-refractivity contribution in [2.45, 2.75) is 32.7 Å². The predicted octanol–water partition coefficient (Wildman–Crippen LogP) is 2.93. The van der Waals surface area contributed by atoms with Crippen LogP contribution in [0.3, 0.4) is 0 Å². The molecule has 0 radical (unpaired) electrons. The molecule has 0 saturated carbocycles. The Morgan fingerprint density at radius 3 is 2.70 bits per heavy atom. The second-order valence-corrected chi connectivity index (χ2v) is 5.49. The summed E-state index contributed by atoms with van der Waals surface area (Å²) in [5.41, 5.74) is -0.623. The molecule has 1 saturated heterocycles. The molecule has 1 aliphatic heterocycles. The van der Waals surface area contributed by atoms with Crippen molar-refractivity contribution >= 4 is 12.0 Å². The smallest absolute Gasteiger partial charge is 0.349 e. The van der Waals surface area contributed by atoms with Crippen LogP contribution in [0.2, 0.25) is 0 Å². The fourth-order valence-electron chi connectivity index (χ4n) is 2.00. The third-order valence-electron chi connectivity index (χ3n) is 3.18. The molecule has 0 unspecified atom stereocenters. The molecular formula is C17H21FO5. The van der Waals surface area contributed by atoms with Gasteiger partial charge in [-0.1, -0.05) is 12.1 Å². The molecule has 1 aliphatic rings. The Balaban J connectivity index is 2.05. The Hall–Kier alpha value is -1.92. The van der Waals surface area contributed by atoms with Gasteiger partial charge in [0.15, 0.2) is 23.5 Å². The predicted molar refractivity (Wildman–Crippen MR) is 82.5 cm³/mol. The van der Waals surface area contributed by atoms with E-state index in [0.29, 0.717) is 18.8 Å². The highest BCUT2D eigenvalue weighted by atomic mass is 19.1. The number of esters is 1. The number of rotatable bonds is 6. The van der Waals surface area contributed by atoms with Gasteiger partial charge in [-0.2, -0.15) is 0 Å². The molecule has 0 aliphatic carbocycles. The van der Waals surface area contributed by atoms with Crippen LogP contribution in [-0.2, 0) is 19.0 Å². The number of hydrogen-bond donors (Lipinski definition) is 0. The van der Waals surface area contributed by atoms with Crippen molar-refractivity contribution in [3.05, 3.63) is 35.7 Å². The van der Waals surface area contributed by atoms with Crippen molar-refractivity contribution in [1.82, 2.24) is 0 Å². The maximum absolute atomic E-state index is 14.2. The average Bonchev–Trinajstić information content (AvgIpc) is 3.01. The Labute approximate surface area is 135 Å². The zero-order chi connectivity index (χ0) is 16.9. The lowest BCUT2D eigenvalue weighted by atomic mass is 10.1. The monoisotopic (exact) mass is 324 g/mol. The molecule has 0 amide bonds. The number of carbonyl (C=O) groups is 1. The fourth-order valence-corrected chi connectivity index (χ4v) is 2.00. The van der Waals surface area contributed by atoms with Crippen molar-refractivity contribution in [2.75, 3.05) is 19.8 Å². The van der Waals surface area contributed by atoms with Gasteiger partial charge in [-0.15, -0.1) is 0 Å². The average molecular weight is 324 g/mol. The minimum absolute atomic E-state index is 0.00595. The highest BCUT2D eigenvalue weighted by Crippen LogP contribution is 2.24. The van der Waals surface area contributed by atoms with E-state index < -0.39 is 23.7 Å². The summed E-state index contributed by atoms with van der Waals surface area (Å²) in [6, 6.07) is 4.49. The van der Waals surface area contributed by atoms with Crippen LogP contribution in [0.5, 0.6) is 5.75 Å². The van der Waals surface area contributed by atoms with Gasteiger partial charge in [-0.05, 0) is 44.5 Å². The molecule has 1 fully saturated rings. The third-order valence-corrected chi connectivity index (χ3v) is 3.18. The minimum atomic E-state index is -1.26. The summed E-state index contributed by atoms with van der Waals surface area (Å²) in [4.78, 5) is 11.8. The second-order valence-electron chi connectivity index (χ2n) is 5.49. The van der Waals surface area contributed by atoms with E-state index in [9.17, 15) is 9.18 Å². The maximum Gasteiger partial charge on any atom is 0.349 e. The van der Waals surface area contributed by atoms with Crippen LogP contribution in [0, 0.1) is 5.82 Å². The first-order chi connectivity index (χ1) is 10.9. The normalized spacial score (nSPS) is 16.0. The largest absolute Gasteiger partial charge is 0.473 e. The quantitative estimate of drug-likeness (QED) is 0.753. The van der Waals surface area contributed by atoms with E-state index in [0.717, 1.165) is 0 Å². The van der Waals surface area contributed by atoms with E-state index in [1.54, 1.807) is 25.1 Å². The van der Waals surface area contributed by atoms with Gasteiger partial charge in [-0.25, -0.2) is 9.18 Å². The summed E-state index contributed by atoms with van der Waals surface area (Å²) < 4.78 is 35.1. The lowest BCUT2D eigenvalue weighted by molar-refractivity contribution is -0.158. The first kappa shape index (κ1) is 17.4. The molecule has 2 rings (SSSR count). The summed E-state index contributed by atoms with van der Waals surface area (Å²) in [6.45, 7) is 6.12. The summed E-state index contributed by atoms with van der Waals surface area (Å²) >= 11 is 0. The number of benzene rings is 1. The molecule has 0 atom stereocenters. The maximum atomic E-state index is 14.2. The van der Waals surface area contributed by atoms with E-state index in [1.807, 2.05) is 0 Å². The zero-order valence-corrected chi connectivity index (χ0v) is 13.5. The Morgan fingerprint density at radius 2 is 2.09 bits per heavy atom. The molecule has 6 heteroatoms. The molecule has 1 heterocycles. The molecule has 5 nitrogen and oxygen atoms in total. The molecular weight excluding hydrogens is 303 g/mol. The zero-order valence-electron chi connectivity index (χ0n) is 13.5. The van der Waals surface area contributed by atoms with Gasteiger partial charge >= 0.3 is 5.97 Å². The molecule has 1 aromatic carbocycles. The highest BCUT2D eigenvalue weighted by Gasteiger charge is 2.32. The van der Waals surface area contributed by atoms with Crippen molar-refractivity contribution in [2.24, 2.45) is 0 Å². The van der Waals surface area contributed by atoms with E-state index in [-0.39, 0.29) is 12.4 Å². The SMILES string of the molecule is CCOC(=O)C(C)(C)Oc1ccc(/C=C/C2OCCO2)cc1F. The molecule has 1 aromatic rings. The summed E-state index contributed by atoms with van der Waals surface area (Å²) in [6.07, 6.45) is 3.03. The van der Waals surface area contributed by atoms with Crippen LogP contribution in [0.15, 0.2) is 24.3 Å². The van der Waals surface area contributed by atoms with Crippen LogP contribution in [-0.4, -0.2) is 37.7 Å². The van der Waals surface area contributed by atoms with E-state index in [1.165, 1.54) is 26.0 Å². The van der Waals surface area contributed by atoms with Crippen LogP contribution >= 0.6 is 0 Å². The minimum Gasteiger partial charge on any atom is -0.473 e. The number of halogens is 1. The van der Waals surface area contributed by atoms with Crippen LogP contribution in [0.4, 0.5) is 4.39 Å². The van der Waals surface area contributed by atoms with Crippen molar-refractivity contribution in [3.63, 3.8) is 0 Å². The molecule has 126 valence electrons. The van der Waals surface area contributed by atoms with Crippen molar-refractivity contribution in [1.29, 1.82) is 0 Å². The van der Waals surface area contributed by atoms with Gasteiger partial charge in [0, 0.05) is 0 Å². The summed E-state index contributed by atoms with van der Waals surface area (Å²) in [5.74, 6) is -1.11. The van der Waals surface area contributed by atoms with E-state index in [2.05, 4.69) is 0 Å². The molecule has 0 bridgehead atoms. The Morgan fingerprint density at radius 1 is 1.39 bits per heavy atom. The van der Waals surface area contributed by atoms with E-state index in [4.69, 9.17) is 18.9 Å². The first-order valence-electron chi connectivity index (χ1n) is 7.49. The lowest BCUT2D eigenvalue weighted by Crippen LogP contribution is -2.40. The summed E-state index contributed by atoms with van der Waals surface area (Å²) in [7, 11) is 0. The second kappa shape index (κ2) is 7.57. The van der Waals surface area contributed by atoms with Crippen molar-refractivity contribution < 1.29 is 28.1 Å². The van der Waals surface area contributed by atoms with Gasteiger partial charge in [0.05, 0.1) is 19.8 Å². The molecule has 0 aromatic heterocycles. The van der Waals surface area contributed by atoms with Crippen molar-refractivity contribution in [3.8, 4) is 5.75 Å². The molecule has 23 heavy (non-hydrogen) atoms. The van der Waals surface area contributed by atoms with Gasteiger partial charge < -0.3 is 18.9 Å². The number of hydrogen-bond acceptors (Lipinski definition) is 5. The van der Waals surface area contributed by atoms with Gasteiger partial charge in [0.25, 0.3) is 0 Å². The standard InChI is InChI=1S/C17H21FO5/c1-4-20-16(19)17(2,3)23-14-7-5-12(11-13(14)18)6-8-15-21-9-10-22-15/h5-8,11,15H,4,9-10H2,1-3H3/b8-6+. The first-order valence-corrected chi connectivity index (χ1v) is 7.49. The number of ether oxygens (including phenoxy) is 4. The van der Waals surface area contributed by atoms with Gasteiger partial charge in [0.2, 0.25) is 0 Å². The Kier molecular flexibility index (Phi) is 5.74. The fraction of sp³-hybridized carbons (Fsp3) is 0.471. The van der Waals surface area contributed by atoms with Crippen LogP contribution in [0.25, 0.3) is 6.08 Å². The Bertz CT molecular complexity index is 576. The topological polar surface area (TPSA) is 54.0 Å².